The van der Waals surface area contributed by atoms with Crippen molar-refractivity contribution >= 4 is 11.7 Å². The van der Waals surface area contributed by atoms with Crippen LogP contribution in [0.4, 0.5) is 19.3 Å². The van der Waals surface area contributed by atoms with E-state index in [1.165, 1.54) is 0 Å². The van der Waals surface area contributed by atoms with Gasteiger partial charge < -0.3 is 18.8 Å². The number of urea groups is 1. The van der Waals surface area contributed by atoms with Gasteiger partial charge in [0.05, 0.1) is 32.9 Å². The van der Waals surface area contributed by atoms with E-state index >= 15 is 0 Å². The fourth-order valence-corrected chi connectivity index (χ4v) is 4.31. The highest BCUT2D eigenvalue weighted by Crippen LogP contribution is 2.27. The molecule has 0 radical (unpaired) electrons. The largest absolute Gasteiger partial charge is 0.497 e. The van der Waals surface area contributed by atoms with Crippen molar-refractivity contribution in [3.05, 3.63) is 60.0 Å². The van der Waals surface area contributed by atoms with Crippen LogP contribution in [0.5, 0.6) is 5.75 Å². The number of piperazine rings is 1. The minimum absolute atomic E-state index is 0.0207. The summed E-state index contributed by atoms with van der Waals surface area (Å²) >= 11 is 0. The zero-order valence-corrected chi connectivity index (χ0v) is 19.8. The van der Waals surface area contributed by atoms with Crippen molar-refractivity contribution in [1.29, 1.82) is 0 Å². The van der Waals surface area contributed by atoms with E-state index < -0.39 is 12.3 Å². The van der Waals surface area contributed by atoms with Crippen molar-refractivity contribution in [2.45, 2.75) is 19.0 Å². The molecule has 0 N–H and O–H groups in total. The third kappa shape index (κ3) is 5.17. The summed E-state index contributed by atoms with van der Waals surface area (Å²) in [5, 5.41) is 7.06. The molecule has 0 saturated carbocycles. The second-order valence-electron chi connectivity index (χ2n) is 8.73. The SMILES string of the molecule is COc1cccc(N(Cc2ccc(-c3nnc(C(F)F)o3)cc2)C(=O)N2CCN(C3COC3)CC2)c1. The molecule has 0 atom stereocenters. The van der Waals surface area contributed by atoms with Crippen LogP contribution in [-0.4, -0.2) is 78.6 Å². The second kappa shape index (κ2) is 10.6. The normalized spacial score (nSPS) is 16.7. The Kier molecular flexibility index (Phi) is 7.10. The Bertz CT molecular complexity index is 1180. The minimum atomic E-state index is -2.82. The number of aromatic nitrogens is 2. The van der Waals surface area contributed by atoms with Gasteiger partial charge in [0.15, 0.2) is 0 Å². The first kappa shape index (κ1) is 24.1. The number of halogens is 2. The van der Waals surface area contributed by atoms with Gasteiger partial charge in [-0.1, -0.05) is 18.2 Å². The summed E-state index contributed by atoms with van der Waals surface area (Å²) in [6, 6.07) is 14.8. The molecule has 0 aliphatic carbocycles. The molecule has 2 aliphatic rings. The van der Waals surface area contributed by atoms with Crippen molar-refractivity contribution in [3.8, 4) is 17.2 Å². The Labute approximate surface area is 207 Å². The van der Waals surface area contributed by atoms with Crippen molar-refractivity contribution in [3.63, 3.8) is 0 Å². The fourth-order valence-electron chi connectivity index (χ4n) is 4.31. The van der Waals surface area contributed by atoms with Crippen molar-refractivity contribution in [1.82, 2.24) is 20.0 Å². The number of carbonyl (C=O) groups excluding carboxylic acids is 1. The first-order valence-corrected chi connectivity index (χ1v) is 11.7. The molecule has 0 spiro atoms. The number of anilines is 1. The van der Waals surface area contributed by atoms with E-state index in [1.54, 1.807) is 24.1 Å². The van der Waals surface area contributed by atoms with Gasteiger partial charge in [-0.15, -0.1) is 10.2 Å². The van der Waals surface area contributed by atoms with Crippen LogP contribution in [-0.2, 0) is 11.3 Å². The highest BCUT2D eigenvalue weighted by molar-refractivity contribution is 5.92. The number of benzene rings is 2. The Balaban J connectivity index is 1.33. The number of rotatable bonds is 7. The average Bonchev–Trinajstić information content (AvgIpc) is 3.38. The van der Waals surface area contributed by atoms with Crippen LogP contribution >= 0.6 is 0 Å². The lowest BCUT2D eigenvalue weighted by Gasteiger charge is -2.43. The molecule has 1 aromatic heterocycles. The standard InChI is InChI=1S/C25H27F2N5O4/c1-34-21-4-2-3-19(13-21)32(25(33)31-11-9-30(10-12-31)20-15-35-16-20)14-17-5-7-18(8-6-17)23-28-29-24(36-23)22(26)27/h2-8,13,20,22H,9-12,14-16H2,1H3. The molecule has 11 heteroatoms. The third-order valence-electron chi connectivity index (χ3n) is 6.49. The molecule has 36 heavy (non-hydrogen) atoms. The lowest BCUT2D eigenvalue weighted by molar-refractivity contribution is -0.0738. The van der Waals surface area contributed by atoms with Crippen LogP contribution in [0.25, 0.3) is 11.5 Å². The zero-order chi connectivity index (χ0) is 25.1. The van der Waals surface area contributed by atoms with Crippen LogP contribution in [0, 0.1) is 0 Å². The van der Waals surface area contributed by atoms with Gasteiger partial charge in [-0.25, -0.2) is 4.79 Å². The molecule has 2 amide bonds. The lowest BCUT2D eigenvalue weighted by Crippen LogP contribution is -2.59. The molecular weight excluding hydrogens is 472 g/mol. The third-order valence-corrected chi connectivity index (χ3v) is 6.49. The zero-order valence-electron chi connectivity index (χ0n) is 19.8. The van der Waals surface area contributed by atoms with E-state index in [0.717, 1.165) is 37.6 Å². The highest BCUT2D eigenvalue weighted by atomic mass is 19.3. The summed E-state index contributed by atoms with van der Waals surface area (Å²) in [6.45, 7) is 4.72. The fraction of sp³-hybridized carbons (Fsp3) is 0.400. The molecule has 3 heterocycles. The van der Waals surface area contributed by atoms with Crippen LogP contribution < -0.4 is 9.64 Å². The smallest absolute Gasteiger partial charge is 0.324 e. The van der Waals surface area contributed by atoms with Gasteiger partial charge in [-0.05, 0) is 29.8 Å². The van der Waals surface area contributed by atoms with Gasteiger partial charge in [0.1, 0.15) is 5.75 Å². The van der Waals surface area contributed by atoms with Gasteiger partial charge in [0.2, 0.25) is 5.89 Å². The van der Waals surface area contributed by atoms with Crippen LogP contribution in [0.2, 0.25) is 0 Å². The topological polar surface area (TPSA) is 84.2 Å². The second-order valence-corrected chi connectivity index (χ2v) is 8.73. The highest BCUT2D eigenvalue weighted by Gasteiger charge is 2.32. The monoisotopic (exact) mass is 499 g/mol. The Morgan fingerprint density at radius 3 is 2.47 bits per heavy atom. The Hall–Kier alpha value is -3.57. The predicted molar refractivity (Wildman–Crippen MR) is 127 cm³/mol. The summed E-state index contributed by atoms with van der Waals surface area (Å²) in [6.07, 6.45) is -2.82. The molecule has 2 fully saturated rings. The summed E-state index contributed by atoms with van der Waals surface area (Å²) in [5.41, 5.74) is 2.10. The van der Waals surface area contributed by atoms with E-state index in [4.69, 9.17) is 13.9 Å². The predicted octanol–water partition coefficient (Wildman–Crippen LogP) is 3.83. The van der Waals surface area contributed by atoms with Crippen molar-refractivity contribution in [2.75, 3.05) is 51.4 Å². The molecule has 0 bridgehead atoms. The number of carbonyl (C=O) groups is 1. The number of hydrogen-bond acceptors (Lipinski definition) is 7. The molecule has 0 unspecified atom stereocenters. The van der Waals surface area contributed by atoms with E-state index in [1.807, 2.05) is 41.3 Å². The average molecular weight is 500 g/mol. The number of amides is 2. The Morgan fingerprint density at radius 1 is 1.11 bits per heavy atom. The maximum absolute atomic E-state index is 13.7. The number of alkyl halides is 2. The maximum Gasteiger partial charge on any atom is 0.324 e. The summed E-state index contributed by atoms with van der Waals surface area (Å²) in [7, 11) is 1.59. The first-order valence-electron chi connectivity index (χ1n) is 11.7. The molecule has 190 valence electrons. The molecule has 2 aromatic carbocycles. The van der Waals surface area contributed by atoms with Gasteiger partial charge >= 0.3 is 12.5 Å². The molecular formula is C25H27F2N5O4. The summed E-state index contributed by atoms with van der Waals surface area (Å²) in [4.78, 5) is 19.6. The lowest BCUT2D eigenvalue weighted by atomic mass is 10.1. The van der Waals surface area contributed by atoms with Gasteiger partial charge in [0.25, 0.3) is 5.89 Å². The molecule has 2 saturated heterocycles. The molecule has 3 aromatic rings. The van der Waals surface area contributed by atoms with Crippen LogP contribution in [0.15, 0.2) is 52.9 Å². The van der Waals surface area contributed by atoms with Gasteiger partial charge in [0, 0.05) is 43.5 Å². The molecule has 5 rings (SSSR count). The molecule has 2 aliphatic heterocycles. The molecule has 9 nitrogen and oxygen atoms in total. The minimum Gasteiger partial charge on any atom is -0.497 e. The number of nitrogens with zero attached hydrogens (tertiary/aromatic N) is 5. The quantitative estimate of drug-likeness (QED) is 0.489. The first-order chi connectivity index (χ1) is 17.5. The van der Waals surface area contributed by atoms with E-state index in [2.05, 4.69) is 15.1 Å². The van der Waals surface area contributed by atoms with Crippen molar-refractivity contribution < 1.29 is 27.5 Å². The Morgan fingerprint density at radius 2 is 1.86 bits per heavy atom. The maximum atomic E-state index is 13.7. The number of methoxy groups -OCH3 is 1. The van der Waals surface area contributed by atoms with Crippen LogP contribution in [0.3, 0.4) is 0 Å². The summed E-state index contributed by atoms with van der Waals surface area (Å²) in [5.74, 6) is -0.0391. The summed E-state index contributed by atoms with van der Waals surface area (Å²) < 4.78 is 41.3. The van der Waals surface area contributed by atoms with Gasteiger partial charge in [-0.2, -0.15) is 8.78 Å². The van der Waals surface area contributed by atoms with Gasteiger partial charge in [-0.3, -0.25) is 9.80 Å². The van der Waals surface area contributed by atoms with Crippen LogP contribution in [0.1, 0.15) is 17.9 Å². The number of ether oxygens (including phenoxy) is 2. The van der Waals surface area contributed by atoms with E-state index in [0.29, 0.717) is 37.0 Å². The van der Waals surface area contributed by atoms with Crippen molar-refractivity contribution in [2.24, 2.45) is 0 Å². The van der Waals surface area contributed by atoms with E-state index in [-0.39, 0.29) is 11.9 Å². The van der Waals surface area contributed by atoms with E-state index in [9.17, 15) is 13.6 Å². The number of hydrogen-bond donors (Lipinski definition) is 0.